The predicted octanol–water partition coefficient (Wildman–Crippen LogP) is 1.32. The highest BCUT2D eigenvalue weighted by molar-refractivity contribution is 7.90. The summed E-state index contributed by atoms with van der Waals surface area (Å²) in [5, 5.41) is 0. The Kier molecular flexibility index (Phi) is 4.44. The Balaban J connectivity index is 2.07. The molecule has 0 aromatic heterocycles. The van der Waals surface area contributed by atoms with Gasteiger partial charge in [-0.1, -0.05) is 17.7 Å². The minimum absolute atomic E-state index is 0.267. The fraction of sp³-hybridized carbons (Fsp3) is 0.538. The largest absolute Gasteiger partial charge is 0.330 e. The number of hydrogen-bond acceptors (Lipinski definition) is 3. The number of anilines is 1. The molecule has 1 aliphatic rings. The highest BCUT2D eigenvalue weighted by atomic mass is 32.2. The zero-order valence-electron chi connectivity index (χ0n) is 11.2. The van der Waals surface area contributed by atoms with Gasteiger partial charge in [-0.25, -0.2) is 0 Å². The summed E-state index contributed by atoms with van der Waals surface area (Å²) >= 11 is 0. The molecule has 1 saturated heterocycles. The van der Waals surface area contributed by atoms with Crippen LogP contribution >= 0.6 is 0 Å². The normalized spacial score (nSPS) is 21.3. The summed E-state index contributed by atoms with van der Waals surface area (Å²) < 4.78 is 28.7. The molecular formula is C13H21N3O2S. The Bertz CT molecular complexity index is 513. The van der Waals surface area contributed by atoms with Crippen molar-refractivity contribution < 1.29 is 8.42 Å². The van der Waals surface area contributed by atoms with Crippen molar-refractivity contribution in [2.45, 2.75) is 19.8 Å². The van der Waals surface area contributed by atoms with Crippen LogP contribution in [0, 0.1) is 12.8 Å². The molecule has 1 aliphatic heterocycles. The lowest BCUT2D eigenvalue weighted by molar-refractivity contribution is 0.273. The summed E-state index contributed by atoms with van der Waals surface area (Å²) in [6.45, 7) is 3.58. The maximum Gasteiger partial charge on any atom is 0.301 e. The van der Waals surface area contributed by atoms with E-state index in [1.54, 1.807) is 12.1 Å². The van der Waals surface area contributed by atoms with Crippen molar-refractivity contribution in [3.05, 3.63) is 29.8 Å². The van der Waals surface area contributed by atoms with Crippen LogP contribution in [0.3, 0.4) is 0 Å². The van der Waals surface area contributed by atoms with Crippen LogP contribution in [0.15, 0.2) is 24.3 Å². The van der Waals surface area contributed by atoms with Crippen molar-refractivity contribution in [2.75, 3.05) is 24.4 Å². The van der Waals surface area contributed by atoms with Gasteiger partial charge in [0.25, 0.3) is 0 Å². The minimum Gasteiger partial charge on any atom is -0.330 e. The Morgan fingerprint density at radius 3 is 2.68 bits per heavy atom. The van der Waals surface area contributed by atoms with E-state index in [4.69, 9.17) is 5.73 Å². The van der Waals surface area contributed by atoms with Crippen LogP contribution in [0.25, 0.3) is 0 Å². The van der Waals surface area contributed by atoms with Gasteiger partial charge in [-0.3, -0.25) is 4.72 Å². The molecule has 6 heteroatoms. The average molecular weight is 283 g/mol. The number of benzene rings is 1. The molecule has 1 aromatic rings. The van der Waals surface area contributed by atoms with Gasteiger partial charge in [-0.2, -0.15) is 12.7 Å². The van der Waals surface area contributed by atoms with E-state index in [9.17, 15) is 8.42 Å². The third-order valence-electron chi connectivity index (χ3n) is 3.45. The third kappa shape index (κ3) is 3.68. The lowest BCUT2D eigenvalue weighted by atomic mass is 10.0. The van der Waals surface area contributed by atoms with Gasteiger partial charge in [-0.05, 0) is 44.4 Å². The summed E-state index contributed by atoms with van der Waals surface area (Å²) in [5.74, 6) is 0.267. The topological polar surface area (TPSA) is 75.4 Å². The van der Waals surface area contributed by atoms with Gasteiger partial charge in [0, 0.05) is 18.8 Å². The molecule has 0 aliphatic carbocycles. The van der Waals surface area contributed by atoms with E-state index in [1.165, 1.54) is 4.31 Å². The lowest BCUT2D eigenvalue weighted by Crippen LogP contribution is -2.44. The van der Waals surface area contributed by atoms with Crippen LogP contribution in [0.4, 0.5) is 5.69 Å². The first-order valence-corrected chi connectivity index (χ1v) is 8.00. The third-order valence-corrected chi connectivity index (χ3v) is 4.96. The summed E-state index contributed by atoms with van der Waals surface area (Å²) in [6.07, 6.45) is 1.88. The van der Waals surface area contributed by atoms with Gasteiger partial charge in [0.05, 0.1) is 0 Å². The highest BCUT2D eigenvalue weighted by Crippen LogP contribution is 2.20. The Morgan fingerprint density at radius 2 is 2.05 bits per heavy atom. The molecule has 1 unspecified atom stereocenters. The van der Waals surface area contributed by atoms with E-state index in [1.807, 2.05) is 19.1 Å². The van der Waals surface area contributed by atoms with Crippen LogP contribution in [0.2, 0.25) is 0 Å². The van der Waals surface area contributed by atoms with Crippen molar-refractivity contribution in [2.24, 2.45) is 11.7 Å². The van der Waals surface area contributed by atoms with Crippen molar-refractivity contribution in [1.29, 1.82) is 0 Å². The van der Waals surface area contributed by atoms with Crippen LogP contribution in [-0.2, 0) is 10.2 Å². The van der Waals surface area contributed by atoms with Crippen molar-refractivity contribution in [3.8, 4) is 0 Å². The number of aryl methyl sites for hydroxylation is 1. The van der Waals surface area contributed by atoms with Crippen LogP contribution < -0.4 is 10.5 Å². The maximum atomic E-state index is 12.3. The molecule has 0 amide bonds. The molecule has 2 rings (SSSR count). The van der Waals surface area contributed by atoms with Gasteiger partial charge in [0.2, 0.25) is 0 Å². The van der Waals surface area contributed by atoms with Crippen molar-refractivity contribution >= 4 is 15.9 Å². The van der Waals surface area contributed by atoms with E-state index >= 15 is 0 Å². The molecule has 0 radical (unpaired) electrons. The molecule has 1 fully saturated rings. The van der Waals surface area contributed by atoms with E-state index in [0.29, 0.717) is 25.3 Å². The summed E-state index contributed by atoms with van der Waals surface area (Å²) in [4.78, 5) is 0. The number of nitrogens with one attached hydrogen (secondary N) is 1. The molecule has 0 saturated carbocycles. The second-order valence-corrected chi connectivity index (χ2v) is 6.75. The van der Waals surface area contributed by atoms with Gasteiger partial charge in [0.1, 0.15) is 0 Å². The van der Waals surface area contributed by atoms with Crippen molar-refractivity contribution in [1.82, 2.24) is 4.31 Å². The standard InChI is InChI=1S/C13H21N3O2S/c1-11-4-6-13(7-5-11)15-19(17,18)16-8-2-3-12(9-14)10-16/h4-7,12,15H,2-3,8-10,14H2,1H3. The van der Waals surface area contributed by atoms with Crippen LogP contribution in [0.5, 0.6) is 0 Å². The first-order chi connectivity index (χ1) is 9.01. The fourth-order valence-corrected chi connectivity index (χ4v) is 3.61. The fourth-order valence-electron chi connectivity index (χ4n) is 2.27. The minimum atomic E-state index is -3.46. The molecular weight excluding hydrogens is 262 g/mol. The first kappa shape index (κ1) is 14.3. The van der Waals surface area contributed by atoms with Gasteiger partial charge >= 0.3 is 10.2 Å². The molecule has 0 bridgehead atoms. The van der Waals surface area contributed by atoms with E-state index in [0.717, 1.165) is 18.4 Å². The van der Waals surface area contributed by atoms with Crippen LogP contribution in [-0.4, -0.2) is 32.4 Å². The average Bonchev–Trinajstić information content (AvgIpc) is 2.41. The van der Waals surface area contributed by atoms with Crippen LogP contribution in [0.1, 0.15) is 18.4 Å². The molecule has 19 heavy (non-hydrogen) atoms. The molecule has 106 valence electrons. The second-order valence-electron chi connectivity index (χ2n) is 5.08. The molecule has 1 heterocycles. The van der Waals surface area contributed by atoms with Gasteiger partial charge in [0.15, 0.2) is 0 Å². The number of piperidine rings is 1. The quantitative estimate of drug-likeness (QED) is 0.875. The SMILES string of the molecule is Cc1ccc(NS(=O)(=O)N2CCCC(CN)C2)cc1. The zero-order valence-corrected chi connectivity index (χ0v) is 12.0. The Morgan fingerprint density at radius 1 is 1.37 bits per heavy atom. The number of hydrogen-bond donors (Lipinski definition) is 2. The molecule has 5 nitrogen and oxygen atoms in total. The summed E-state index contributed by atoms with van der Waals surface area (Å²) in [7, 11) is -3.46. The van der Waals surface area contributed by atoms with Gasteiger partial charge < -0.3 is 5.73 Å². The molecule has 0 spiro atoms. The number of nitrogens with two attached hydrogens (primary N) is 1. The predicted molar refractivity (Wildman–Crippen MR) is 77.1 cm³/mol. The summed E-state index contributed by atoms with van der Waals surface area (Å²) in [6, 6.07) is 7.32. The molecule has 1 atom stereocenters. The first-order valence-electron chi connectivity index (χ1n) is 6.56. The highest BCUT2D eigenvalue weighted by Gasteiger charge is 2.28. The second kappa shape index (κ2) is 5.90. The van der Waals surface area contributed by atoms with E-state index in [-0.39, 0.29) is 5.92 Å². The Hall–Kier alpha value is -1.11. The number of nitrogens with zero attached hydrogens (tertiary/aromatic N) is 1. The smallest absolute Gasteiger partial charge is 0.301 e. The van der Waals surface area contributed by atoms with E-state index < -0.39 is 10.2 Å². The molecule has 1 aromatic carbocycles. The lowest BCUT2D eigenvalue weighted by Gasteiger charge is -2.31. The molecule has 3 N–H and O–H groups in total. The monoisotopic (exact) mass is 283 g/mol. The maximum absolute atomic E-state index is 12.3. The zero-order chi connectivity index (χ0) is 13.9. The van der Waals surface area contributed by atoms with Crippen molar-refractivity contribution in [3.63, 3.8) is 0 Å². The number of rotatable bonds is 4. The summed E-state index contributed by atoms with van der Waals surface area (Å²) in [5.41, 5.74) is 7.33. The Labute approximate surface area is 115 Å². The van der Waals surface area contributed by atoms with E-state index in [2.05, 4.69) is 4.72 Å². The van der Waals surface area contributed by atoms with Gasteiger partial charge in [-0.15, -0.1) is 0 Å².